The van der Waals surface area contributed by atoms with Crippen molar-refractivity contribution >= 4 is 11.0 Å². The van der Waals surface area contributed by atoms with Crippen LogP contribution in [0.15, 0.2) is 134 Å². The maximum Gasteiger partial charge on any atom is 0.148 e. The van der Waals surface area contributed by atoms with Crippen LogP contribution in [0.3, 0.4) is 0 Å². The number of pyridine rings is 1. The van der Waals surface area contributed by atoms with Crippen LogP contribution >= 0.6 is 0 Å². The number of phenols is 1. The van der Waals surface area contributed by atoms with Crippen molar-refractivity contribution in [3.05, 3.63) is 167 Å². The Morgan fingerprint density at radius 2 is 1.36 bits per heavy atom. The van der Waals surface area contributed by atoms with E-state index in [0.29, 0.717) is 33.7 Å². The minimum absolute atomic E-state index is 0. The molecule has 4 nitrogen and oxygen atoms in total. The van der Waals surface area contributed by atoms with E-state index in [1.165, 1.54) is 5.56 Å². The van der Waals surface area contributed by atoms with Crippen molar-refractivity contribution in [2.45, 2.75) is 79.4 Å². The van der Waals surface area contributed by atoms with Gasteiger partial charge in [0.2, 0.25) is 0 Å². The molecule has 59 heavy (non-hydrogen) atoms. The molecule has 0 spiro atoms. The van der Waals surface area contributed by atoms with Crippen LogP contribution in [-0.4, -0.2) is 19.6 Å². The van der Waals surface area contributed by atoms with Gasteiger partial charge in [0.15, 0.2) is 0 Å². The average molecular weight is 959 g/mol. The van der Waals surface area contributed by atoms with Crippen molar-refractivity contribution in [2.24, 2.45) is 0 Å². The number of rotatable bonds is 8. The van der Waals surface area contributed by atoms with E-state index in [4.69, 9.17) is 16.8 Å². The summed E-state index contributed by atoms with van der Waals surface area (Å²) in [4.78, 5) is 10.1. The number of hydrogen-bond donors (Lipinski definition) is 1. The summed E-state index contributed by atoms with van der Waals surface area (Å²) in [6.45, 7) is 13.3. The van der Waals surface area contributed by atoms with Gasteiger partial charge in [0.25, 0.3) is 0 Å². The van der Waals surface area contributed by atoms with E-state index in [1.807, 2.05) is 93.1 Å². The van der Waals surface area contributed by atoms with Gasteiger partial charge in [-0.3, -0.25) is 9.55 Å². The maximum absolute atomic E-state index is 11.4. The molecule has 0 aliphatic heterocycles. The second-order valence-electron chi connectivity index (χ2n) is 16.7. The molecule has 2 heterocycles. The molecule has 6 aromatic carbocycles. The number of benzene rings is 6. The summed E-state index contributed by atoms with van der Waals surface area (Å²) < 4.78 is 46.2. The van der Waals surface area contributed by atoms with Gasteiger partial charge >= 0.3 is 0 Å². The second kappa shape index (κ2) is 16.6. The van der Waals surface area contributed by atoms with Crippen molar-refractivity contribution in [2.75, 3.05) is 0 Å². The molecule has 8 rings (SSSR count). The number of phenolic OH excluding ortho intramolecular Hbond substituents is 1. The summed E-state index contributed by atoms with van der Waals surface area (Å²) in [6, 6.07) is 44.5. The Morgan fingerprint density at radius 3 is 2.03 bits per heavy atom. The number of aromatic hydroxyl groups is 1. The van der Waals surface area contributed by atoms with Gasteiger partial charge in [-0.25, -0.2) is 4.98 Å². The predicted molar refractivity (Wildman–Crippen MR) is 243 cm³/mol. The first-order valence-corrected chi connectivity index (χ1v) is 19.8. The number of fused-ring (bicyclic) bond motifs is 1. The van der Waals surface area contributed by atoms with E-state index in [9.17, 15) is 5.11 Å². The maximum atomic E-state index is 11.4. The van der Waals surface area contributed by atoms with Crippen molar-refractivity contribution in [3.8, 4) is 67.5 Å². The largest absolute Gasteiger partial charge is 0.507 e. The summed E-state index contributed by atoms with van der Waals surface area (Å²) in [5.41, 5.74) is 12.4. The number of imidazole rings is 1. The summed E-state index contributed by atoms with van der Waals surface area (Å²) in [7, 11) is 0. The molecule has 0 amide bonds. The topological polar surface area (TPSA) is 50.9 Å². The van der Waals surface area contributed by atoms with Gasteiger partial charge in [0.1, 0.15) is 11.6 Å². The monoisotopic (exact) mass is 958 g/mol. The Balaban J connectivity index is 0.00000612. The standard InChI is InChI=1S/C54H52N3O.Pt/c1-33(2)40-26-41(34(3)4)28-42(27-40)38-21-22-49(36(6)25-38)57-50-15-12-14-46(52(50)56-53(57)47-13-10-11-16-51(47)58)43-29-44(31-45(30-43)54(7,8)9)48-32-39(23-24-55-48)37-19-17-35(5)18-20-37;/h10-28,30-34,58H,1-9H3;/q-1;/i6D3,33D,34D;. The Bertz CT molecular complexity index is 2990. The molecule has 5 heteroatoms. The minimum atomic E-state index is -2.57. The number of para-hydroxylation sites is 2. The molecule has 0 aliphatic carbocycles. The molecular formula is C54H52N3OPt-. The van der Waals surface area contributed by atoms with Crippen LogP contribution < -0.4 is 0 Å². The fourth-order valence-corrected chi connectivity index (χ4v) is 7.48. The fraction of sp³-hybridized carbons (Fsp3) is 0.222. The number of aryl methyl sites for hydroxylation is 2. The molecule has 300 valence electrons. The summed E-state index contributed by atoms with van der Waals surface area (Å²) >= 11 is 0. The van der Waals surface area contributed by atoms with Gasteiger partial charge in [-0.2, -0.15) is 0 Å². The first-order chi connectivity index (χ1) is 29.6. The zero-order chi connectivity index (χ0) is 45.2. The molecule has 0 saturated carbocycles. The first kappa shape index (κ1) is 35.4. The molecule has 0 aliphatic rings. The third kappa shape index (κ3) is 8.34. The van der Waals surface area contributed by atoms with Gasteiger partial charge in [-0.1, -0.05) is 144 Å². The molecule has 0 fully saturated rings. The van der Waals surface area contributed by atoms with Crippen molar-refractivity contribution in [3.63, 3.8) is 0 Å². The van der Waals surface area contributed by atoms with E-state index in [1.54, 1.807) is 30.3 Å². The normalized spacial score (nSPS) is 13.5. The number of aromatic nitrogens is 3. The van der Waals surface area contributed by atoms with Gasteiger partial charge in [-0.15, -0.1) is 29.3 Å². The van der Waals surface area contributed by atoms with Crippen LogP contribution in [0.5, 0.6) is 5.75 Å². The predicted octanol–water partition coefficient (Wildman–Crippen LogP) is 14.4. The SMILES string of the molecule is [2H]C([2H])([2H])c1cc(-c2cc(C([2H])(C)C)cc(C([2H])(C)C)c2)ccc1-n1c(-c2ccccc2O)nc2c(-c3[c-]c(-c4cc(-c5ccc(C)cc5)ccn4)cc(C(C)(C)C)c3)cccc21.[Pt]. The Morgan fingerprint density at radius 1 is 0.695 bits per heavy atom. The molecule has 0 bridgehead atoms. The van der Waals surface area contributed by atoms with E-state index in [0.717, 1.165) is 55.8 Å². The number of hydrogen-bond acceptors (Lipinski definition) is 3. The van der Waals surface area contributed by atoms with Crippen LogP contribution in [0.2, 0.25) is 0 Å². The van der Waals surface area contributed by atoms with E-state index in [-0.39, 0.29) is 37.8 Å². The van der Waals surface area contributed by atoms with Crippen LogP contribution in [-0.2, 0) is 26.5 Å². The Kier molecular flexibility index (Phi) is 9.95. The van der Waals surface area contributed by atoms with Gasteiger partial charge in [0, 0.05) is 39.8 Å². The summed E-state index contributed by atoms with van der Waals surface area (Å²) in [6.07, 6.45) is 1.83. The summed E-state index contributed by atoms with van der Waals surface area (Å²) in [5, 5.41) is 11.4. The summed E-state index contributed by atoms with van der Waals surface area (Å²) in [5.74, 6) is -1.51. The van der Waals surface area contributed by atoms with E-state index in [2.05, 4.69) is 76.2 Å². The zero-order valence-electron chi connectivity index (χ0n) is 39.8. The molecule has 2 aromatic heterocycles. The molecule has 1 N–H and O–H groups in total. The van der Waals surface area contributed by atoms with Crippen LogP contribution in [0.25, 0.3) is 72.7 Å². The van der Waals surface area contributed by atoms with Crippen LogP contribution in [0.1, 0.15) is 94.9 Å². The van der Waals surface area contributed by atoms with Crippen LogP contribution in [0, 0.1) is 19.8 Å². The molecular weight excluding hydrogens is 902 g/mol. The second-order valence-corrected chi connectivity index (χ2v) is 16.7. The third-order valence-corrected chi connectivity index (χ3v) is 10.9. The molecule has 0 unspecified atom stereocenters. The van der Waals surface area contributed by atoms with E-state index >= 15 is 0 Å². The molecule has 0 radical (unpaired) electrons. The quantitative estimate of drug-likeness (QED) is 0.154. The average Bonchev–Trinajstić information content (AvgIpc) is 3.62. The zero-order valence-corrected chi connectivity index (χ0v) is 37.1. The van der Waals surface area contributed by atoms with Gasteiger partial charge in [-0.05, 0) is 106 Å². The van der Waals surface area contributed by atoms with E-state index < -0.39 is 18.6 Å². The minimum Gasteiger partial charge on any atom is -0.507 e. The Hall–Kier alpha value is -5.57. The number of nitrogens with zero attached hydrogens (tertiary/aromatic N) is 3. The molecule has 8 aromatic rings. The van der Waals surface area contributed by atoms with Gasteiger partial charge < -0.3 is 5.11 Å². The Labute approximate surface area is 371 Å². The molecule has 0 atom stereocenters. The molecule has 0 saturated heterocycles. The fourth-order valence-electron chi connectivity index (χ4n) is 7.48. The van der Waals surface area contributed by atoms with Crippen molar-refractivity contribution in [1.29, 1.82) is 0 Å². The van der Waals surface area contributed by atoms with Gasteiger partial charge in [0.05, 0.1) is 22.3 Å². The van der Waals surface area contributed by atoms with Crippen molar-refractivity contribution < 1.29 is 33.0 Å². The van der Waals surface area contributed by atoms with Crippen LogP contribution in [0.4, 0.5) is 0 Å². The van der Waals surface area contributed by atoms with Crippen molar-refractivity contribution in [1.82, 2.24) is 14.5 Å². The first-order valence-electron chi connectivity index (χ1n) is 22.3. The smallest absolute Gasteiger partial charge is 0.148 e. The third-order valence-electron chi connectivity index (χ3n) is 10.9.